The minimum absolute atomic E-state index is 0.422. The molecule has 0 aliphatic carbocycles. The van der Waals surface area contributed by atoms with Gasteiger partial charge < -0.3 is 9.47 Å². The highest BCUT2D eigenvalue weighted by Crippen LogP contribution is 2.15. The fourth-order valence-electron chi connectivity index (χ4n) is 1.20. The molecule has 1 N–H and O–H groups in total. The summed E-state index contributed by atoms with van der Waals surface area (Å²) in [6.45, 7) is 5.14. The van der Waals surface area contributed by atoms with Crippen molar-refractivity contribution < 1.29 is 14.3 Å². The van der Waals surface area contributed by atoms with Gasteiger partial charge in [0.25, 0.3) is 0 Å². The van der Waals surface area contributed by atoms with Gasteiger partial charge in [-0.05, 0) is 37.1 Å². The van der Waals surface area contributed by atoms with Gasteiger partial charge in [0, 0.05) is 5.69 Å². The zero-order valence-corrected chi connectivity index (χ0v) is 10.4. The van der Waals surface area contributed by atoms with Gasteiger partial charge >= 0.3 is 6.09 Å². The Morgan fingerprint density at radius 1 is 1.12 bits per heavy atom. The number of hydrogen-bond donors (Lipinski definition) is 1. The lowest BCUT2D eigenvalue weighted by Gasteiger charge is -2.07. The number of amides is 1. The molecule has 0 bridgehead atoms. The summed E-state index contributed by atoms with van der Waals surface area (Å²) in [5.41, 5.74) is 0.704. The van der Waals surface area contributed by atoms with E-state index in [1.807, 2.05) is 19.1 Å². The topological polar surface area (TPSA) is 47.6 Å². The van der Waals surface area contributed by atoms with Crippen molar-refractivity contribution in [3.8, 4) is 5.75 Å². The molecule has 1 aromatic rings. The van der Waals surface area contributed by atoms with Crippen LogP contribution < -0.4 is 10.1 Å². The predicted octanol–water partition coefficient (Wildman–Crippen LogP) is 3.43. The molecule has 17 heavy (non-hydrogen) atoms. The maximum absolute atomic E-state index is 11.3. The summed E-state index contributed by atoms with van der Waals surface area (Å²) in [5, 5.41) is 2.64. The zero-order chi connectivity index (χ0) is 12.5. The first-order valence-corrected chi connectivity index (χ1v) is 5.93. The van der Waals surface area contributed by atoms with E-state index in [1.165, 1.54) is 0 Å². The van der Waals surface area contributed by atoms with Crippen molar-refractivity contribution in [1.82, 2.24) is 0 Å². The first-order valence-electron chi connectivity index (χ1n) is 5.93. The second-order valence-corrected chi connectivity index (χ2v) is 3.63. The molecular weight excluding hydrogens is 218 g/mol. The van der Waals surface area contributed by atoms with Crippen molar-refractivity contribution in [3.05, 3.63) is 24.3 Å². The standard InChI is InChI=1S/C13H19NO3/c1-3-9-16-12-7-5-11(6-8-12)14-13(15)17-10-4-2/h5-8H,3-4,9-10H2,1-2H3,(H,14,15). The van der Waals surface area contributed by atoms with E-state index in [1.54, 1.807) is 12.1 Å². The van der Waals surface area contributed by atoms with Crippen LogP contribution in [0.25, 0.3) is 0 Å². The van der Waals surface area contributed by atoms with Crippen molar-refractivity contribution in [3.63, 3.8) is 0 Å². The maximum Gasteiger partial charge on any atom is 0.411 e. The number of ether oxygens (including phenoxy) is 2. The van der Waals surface area contributed by atoms with E-state index in [9.17, 15) is 4.79 Å². The lowest BCUT2D eigenvalue weighted by Crippen LogP contribution is -2.13. The van der Waals surface area contributed by atoms with Crippen molar-refractivity contribution in [2.75, 3.05) is 18.5 Å². The Kier molecular flexibility index (Phi) is 5.93. The minimum Gasteiger partial charge on any atom is -0.494 e. The molecule has 0 aliphatic heterocycles. The summed E-state index contributed by atoms with van der Waals surface area (Å²) in [4.78, 5) is 11.3. The number of benzene rings is 1. The molecular formula is C13H19NO3. The van der Waals surface area contributed by atoms with Gasteiger partial charge in [0.15, 0.2) is 0 Å². The monoisotopic (exact) mass is 237 g/mol. The van der Waals surface area contributed by atoms with Crippen LogP contribution in [0.4, 0.5) is 10.5 Å². The molecule has 0 spiro atoms. The largest absolute Gasteiger partial charge is 0.494 e. The highest BCUT2D eigenvalue weighted by molar-refractivity contribution is 5.84. The lowest BCUT2D eigenvalue weighted by atomic mass is 10.3. The number of nitrogens with one attached hydrogen (secondary N) is 1. The van der Waals surface area contributed by atoms with E-state index in [0.29, 0.717) is 18.9 Å². The van der Waals surface area contributed by atoms with Crippen molar-refractivity contribution in [2.45, 2.75) is 26.7 Å². The van der Waals surface area contributed by atoms with Crippen LogP contribution in [0.2, 0.25) is 0 Å². The molecule has 0 atom stereocenters. The Labute approximate surface area is 102 Å². The molecule has 0 radical (unpaired) electrons. The summed E-state index contributed by atoms with van der Waals surface area (Å²) >= 11 is 0. The van der Waals surface area contributed by atoms with Gasteiger partial charge in [-0.1, -0.05) is 13.8 Å². The van der Waals surface area contributed by atoms with Crippen LogP contribution in [0.5, 0.6) is 5.75 Å². The third-order valence-electron chi connectivity index (χ3n) is 2.01. The Morgan fingerprint density at radius 2 is 1.76 bits per heavy atom. The quantitative estimate of drug-likeness (QED) is 0.824. The van der Waals surface area contributed by atoms with E-state index in [4.69, 9.17) is 9.47 Å². The third kappa shape index (κ3) is 5.24. The van der Waals surface area contributed by atoms with Crippen LogP contribution >= 0.6 is 0 Å². The van der Waals surface area contributed by atoms with Crippen LogP contribution in [-0.4, -0.2) is 19.3 Å². The summed E-state index contributed by atoms with van der Waals surface area (Å²) < 4.78 is 10.3. The second kappa shape index (κ2) is 7.54. The second-order valence-electron chi connectivity index (χ2n) is 3.63. The highest BCUT2D eigenvalue weighted by Gasteiger charge is 2.02. The van der Waals surface area contributed by atoms with Crippen LogP contribution in [-0.2, 0) is 4.74 Å². The first kappa shape index (κ1) is 13.4. The molecule has 1 rings (SSSR count). The number of anilines is 1. The molecule has 0 aliphatic rings. The number of rotatable bonds is 6. The van der Waals surface area contributed by atoms with Crippen LogP contribution in [0, 0.1) is 0 Å². The molecule has 0 fully saturated rings. The van der Waals surface area contributed by atoms with E-state index in [0.717, 1.165) is 18.6 Å². The van der Waals surface area contributed by atoms with Gasteiger partial charge in [-0.3, -0.25) is 5.32 Å². The Hall–Kier alpha value is -1.71. The first-order chi connectivity index (χ1) is 8.26. The average Bonchev–Trinajstić information content (AvgIpc) is 2.35. The minimum atomic E-state index is -0.422. The Balaban J connectivity index is 2.42. The number of carbonyl (C=O) groups is 1. The maximum atomic E-state index is 11.3. The predicted molar refractivity (Wildman–Crippen MR) is 67.5 cm³/mol. The van der Waals surface area contributed by atoms with Gasteiger partial charge in [0.1, 0.15) is 5.75 Å². The van der Waals surface area contributed by atoms with E-state index < -0.39 is 6.09 Å². The zero-order valence-electron chi connectivity index (χ0n) is 10.4. The van der Waals surface area contributed by atoms with Gasteiger partial charge in [-0.25, -0.2) is 4.79 Å². The third-order valence-corrected chi connectivity index (χ3v) is 2.01. The van der Waals surface area contributed by atoms with Crippen molar-refractivity contribution in [2.24, 2.45) is 0 Å². The molecule has 94 valence electrons. The highest BCUT2D eigenvalue weighted by atomic mass is 16.5. The lowest BCUT2D eigenvalue weighted by molar-refractivity contribution is 0.161. The number of hydrogen-bond acceptors (Lipinski definition) is 3. The van der Waals surface area contributed by atoms with Gasteiger partial charge in [0.2, 0.25) is 0 Å². The molecule has 1 aromatic carbocycles. The smallest absolute Gasteiger partial charge is 0.411 e. The van der Waals surface area contributed by atoms with E-state index >= 15 is 0 Å². The molecule has 0 unspecified atom stereocenters. The summed E-state index contributed by atoms with van der Waals surface area (Å²) in [7, 11) is 0. The average molecular weight is 237 g/mol. The van der Waals surface area contributed by atoms with E-state index in [-0.39, 0.29) is 0 Å². The fraction of sp³-hybridized carbons (Fsp3) is 0.462. The summed E-state index contributed by atoms with van der Waals surface area (Å²) in [5.74, 6) is 0.805. The van der Waals surface area contributed by atoms with Gasteiger partial charge in [-0.15, -0.1) is 0 Å². The molecule has 0 heterocycles. The Morgan fingerprint density at radius 3 is 2.35 bits per heavy atom. The molecule has 0 aromatic heterocycles. The summed E-state index contributed by atoms with van der Waals surface area (Å²) in [6, 6.07) is 7.23. The molecule has 4 heteroatoms. The van der Waals surface area contributed by atoms with Crippen LogP contribution in [0.3, 0.4) is 0 Å². The van der Waals surface area contributed by atoms with Gasteiger partial charge in [0.05, 0.1) is 13.2 Å². The fourth-order valence-corrected chi connectivity index (χ4v) is 1.20. The summed E-state index contributed by atoms with van der Waals surface area (Å²) in [6.07, 6.45) is 1.37. The van der Waals surface area contributed by atoms with Crippen LogP contribution in [0.15, 0.2) is 24.3 Å². The molecule has 1 amide bonds. The van der Waals surface area contributed by atoms with Crippen molar-refractivity contribution >= 4 is 11.8 Å². The number of carbonyl (C=O) groups excluding carboxylic acids is 1. The normalized spacial score (nSPS) is 9.76. The van der Waals surface area contributed by atoms with Gasteiger partial charge in [-0.2, -0.15) is 0 Å². The molecule has 4 nitrogen and oxygen atoms in total. The van der Waals surface area contributed by atoms with Crippen molar-refractivity contribution in [1.29, 1.82) is 0 Å². The molecule has 0 saturated carbocycles. The van der Waals surface area contributed by atoms with Crippen LogP contribution in [0.1, 0.15) is 26.7 Å². The molecule has 0 saturated heterocycles. The SMILES string of the molecule is CCCOC(=O)Nc1ccc(OCCC)cc1. The van der Waals surface area contributed by atoms with E-state index in [2.05, 4.69) is 12.2 Å². The Bertz CT molecular complexity index is 335.